The third-order valence-electron chi connectivity index (χ3n) is 3.89. The Balaban J connectivity index is 2.61. The molecule has 2 aromatic carbocycles. The first-order valence-electron chi connectivity index (χ1n) is 7.02. The summed E-state index contributed by atoms with van der Waals surface area (Å²) >= 11 is 0. The van der Waals surface area contributed by atoms with Gasteiger partial charge in [-0.1, -0.05) is 30.3 Å². The summed E-state index contributed by atoms with van der Waals surface area (Å²) in [5.41, 5.74) is 8.38. The number of nitrogens with two attached hydrogens (primary N) is 1. The summed E-state index contributed by atoms with van der Waals surface area (Å²) in [6.45, 7) is 3.54. The predicted octanol–water partition coefficient (Wildman–Crippen LogP) is 2.71. The average molecular weight is 292 g/mol. The molecule has 0 aliphatic heterocycles. The summed E-state index contributed by atoms with van der Waals surface area (Å²) in [4.78, 5) is 24.6. The number of aryl methyl sites for hydroxylation is 1. The first-order valence-corrected chi connectivity index (χ1v) is 7.02. The van der Waals surface area contributed by atoms with Gasteiger partial charge in [-0.15, -0.1) is 0 Å². The number of rotatable bonds is 2. The Morgan fingerprint density at radius 2 is 1.68 bits per heavy atom. The molecule has 0 spiro atoms. The van der Waals surface area contributed by atoms with Crippen molar-refractivity contribution < 1.29 is 4.79 Å². The number of amides is 1. The zero-order valence-corrected chi connectivity index (χ0v) is 12.5. The third kappa shape index (κ3) is 2.00. The van der Waals surface area contributed by atoms with Crippen LogP contribution in [0.15, 0.2) is 53.3 Å². The standard InChI is InChI=1S/C18H16N2O2/c1-11-7-6-10-14-15(11)17(21)12(2)16(18(19)22)20(14)13-8-4-3-5-9-13/h3-10H,1-2H3,(H2,19,22). The molecule has 3 aromatic rings. The molecule has 0 aliphatic rings. The molecule has 0 radical (unpaired) electrons. The molecule has 0 saturated heterocycles. The Labute approximate surface area is 127 Å². The van der Waals surface area contributed by atoms with Gasteiger partial charge in [0.15, 0.2) is 5.43 Å². The highest BCUT2D eigenvalue weighted by Gasteiger charge is 2.19. The van der Waals surface area contributed by atoms with Gasteiger partial charge >= 0.3 is 0 Å². The number of pyridine rings is 1. The van der Waals surface area contributed by atoms with Crippen LogP contribution in [-0.4, -0.2) is 10.5 Å². The monoisotopic (exact) mass is 292 g/mol. The molecule has 0 aliphatic carbocycles. The van der Waals surface area contributed by atoms with Crippen LogP contribution in [0.1, 0.15) is 21.6 Å². The van der Waals surface area contributed by atoms with E-state index in [1.165, 1.54) is 0 Å². The number of carbonyl (C=O) groups excluding carboxylic acids is 1. The van der Waals surface area contributed by atoms with Crippen molar-refractivity contribution in [1.82, 2.24) is 4.57 Å². The lowest BCUT2D eigenvalue weighted by Gasteiger charge is -2.18. The lowest BCUT2D eigenvalue weighted by atomic mass is 10.0. The molecule has 3 rings (SSSR count). The summed E-state index contributed by atoms with van der Waals surface area (Å²) in [7, 11) is 0. The summed E-state index contributed by atoms with van der Waals surface area (Å²) in [6.07, 6.45) is 0. The molecule has 0 fully saturated rings. The zero-order valence-electron chi connectivity index (χ0n) is 12.5. The number of nitrogens with zero attached hydrogens (tertiary/aromatic N) is 1. The second-order valence-electron chi connectivity index (χ2n) is 5.31. The van der Waals surface area contributed by atoms with E-state index in [2.05, 4.69) is 0 Å². The van der Waals surface area contributed by atoms with Crippen LogP contribution < -0.4 is 11.2 Å². The highest BCUT2D eigenvalue weighted by molar-refractivity contribution is 5.97. The number of hydrogen-bond acceptors (Lipinski definition) is 2. The third-order valence-corrected chi connectivity index (χ3v) is 3.89. The predicted molar refractivity (Wildman–Crippen MR) is 87.5 cm³/mol. The first kappa shape index (κ1) is 14.1. The highest BCUT2D eigenvalue weighted by atomic mass is 16.1. The molecule has 0 saturated carbocycles. The zero-order chi connectivity index (χ0) is 15.9. The Morgan fingerprint density at radius 3 is 2.32 bits per heavy atom. The summed E-state index contributed by atoms with van der Waals surface area (Å²) in [5, 5.41) is 0.619. The summed E-state index contributed by atoms with van der Waals surface area (Å²) < 4.78 is 1.77. The van der Waals surface area contributed by atoms with Crippen LogP contribution in [0.3, 0.4) is 0 Å². The number of primary amides is 1. The molecule has 1 heterocycles. The summed E-state index contributed by atoms with van der Waals surface area (Å²) in [6, 6.07) is 15.0. The van der Waals surface area contributed by atoms with Crippen LogP contribution in [0.4, 0.5) is 0 Å². The maximum atomic E-state index is 12.6. The van der Waals surface area contributed by atoms with Crippen molar-refractivity contribution in [3.8, 4) is 5.69 Å². The lowest BCUT2D eigenvalue weighted by Crippen LogP contribution is -2.26. The maximum Gasteiger partial charge on any atom is 0.266 e. The lowest BCUT2D eigenvalue weighted by molar-refractivity contribution is 0.0993. The minimum Gasteiger partial charge on any atom is -0.364 e. The molecule has 0 bridgehead atoms. The minimum atomic E-state index is -0.609. The molecule has 1 aromatic heterocycles. The highest BCUT2D eigenvalue weighted by Crippen LogP contribution is 2.23. The molecule has 1 amide bonds. The first-order chi connectivity index (χ1) is 10.5. The average Bonchev–Trinajstić information content (AvgIpc) is 2.51. The fourth-order valence-electron chi connectivity index (χ4n) is 2.86. The van der Waals surface area contributed by atoms with E-state index in [0.29, 0.717) is 16.5 Å². The topological polar surface area (TPSA) is 65.1 Å². The molecule has 4 heteroatoms. The van der Waals surface area contributed by atoms with E-state index >= 15 is 0 Å². The molecule has 22 heavy (non-hydrogen) atoms. The minimum absolute atomic E-state index is 0.144. The second-order valence-corrected chi connectivity index (χ2v) is 5.31. The van der Waals surface area contributed by atoms with Crippen LogP contribution in [-0.2, 0) is 0 Å². The molecule has 0 unspecified atom stereocenters. The van der Waals surface area contributed by atoms with Crippen LogP contribution in [0.5, 0.6) is 0 Å². The van der Waals surface area contributed by atoms with Gasteiger partial charge in [0, 0.05) is 16.6 Å². The number of para-hydroxylation sites is 1. The molecule has 110 valence electrons. The quantitative estimate of drug-likeness (QED) is 0.789. The van der Waals surface area contributed by atoms with E-state index in [-0.39, 0.29) is 11.1 Å². The number of fused-ring (bicyclic) bond motifs is 1. The van der Waals surface area contributed by atoms with Crippen LogP contribution in [0.2, 0.25) is 0 Å². The van der Waals surface area contributed by atoms with E-state index in [9.17, 15) is 9.59 Å². The van der Waals surface area contributed by atoms with Gasteiger partial charge < -0.3 is 10.3 Å². The van der Waals surface area contributed by atoms with Crippen molar-refractivity contribution in [1.29, 1.82) is 0 Å². The van der Waals surface area contributed by atoms with Gasteiger partial charge in [-0.2, -0.15) is 0 Å². The number of hydrogen-bond donors (Lipinski definition) is 1. The molecule has 0 atom stereocenters. The van der Waals surface area contributed by atoms with E-state index in [1.807, 2.05) is 55.5 Å². The fraction of sp³-hybridized carbons (Fsp3) is 0.111. The van der Waals surface area contributed by atoms with Gasteiger partial charge in [0.25, 0.3) is 5.91 Å². The Kier molecular flexibility index (Phi) is 3.29. The Hall–Kier alpha value is -2.88. The van der Waals surface area contributed by atoms with Gasteiger partial charge in [-0.05, 0) is 37.6 Å². The number of benzene rings is 2. The van der Waals surface area contributed by atoms with Crippen molar-refractivity contribution in [3.63, 3.8) is 0 Å². The largest absolute Gasteiger partial charge is 0.364 e. The SMILES string of the molecule is Cc1c(C(N)=O)n(-c2ccccc2)c2cccc(C)c2c1=O. The van der Waals surface area contributed by atoms with Gasteiger partial charge in [0.2, 0.25) is 0 Å². The van der Waals surface area contributed by atoms with Gasteiger partial charge in [-0.25, -0.2) is 0 Å². The van der Waals surface area contributed by atoms with Crippen LogP contribution in [0, 0.1) is 13.8 Å². The van der Waals surface area contributed by atoms with E-state index in [0.717, 1.165) is 11.3 Å². The van der Waals surface area contributed by atoms with Crippen molar-refractivity contribution in [2.24, 2.45) is 5.73 Å². The summed E-state index contributed by atoms with van der Waals surface area (Å²) in [5.74, 6) is -0.609. The van der Waals surface area contributed by atoms with E-state index in [4.69, 9.17) is 5.73 Å². The second kappa shape index (κ2) is 5.15. The molecule has 4 nitrogen and oxygen atoms in total. The molecule has 2 N–H and O–H groups in total. The van der Waals surface area contributed by atoms with E-state index in [1.54, 1.807) is 11.5 Å². The van der Waals surface area contributed by atoms with Gasteiger partial charge in [0.05, 0.1) is 5.52 Å². The smallest absolute Gasteiger partial charge is 0.266 e. The van der Waals surface area contributed by atoms with Crippen molar-refractivity contribution >= 4 is 16.8 Å². The number of carbonyl (C=O) groups is 1. The van der Waals surface area contributed by atoms with Gasteiger partial charge in [0.1, 0.15) is 5.69 Å². The molecular weight excluding hydrogens is 276 g/mol. The maximum absolute atomic E-state index is 12.6. The Bertz CT molecular complexity index is 941. The Morgan fingerprint density at radius 1 is 1.00 bits per heavy atom. The van der Waals surface area contributed by atoms with Crippen molar-refractivity contribution in [2.45, 2.75) is 13.8 Å². The van der Waals surface area contributed by atoms with Crippen molar-refractivity contribution in [2.75, 3.05) is 0 Å². The fourth-order valence-corrected chi connectivity index (χ4v) is 2.86. The van der Waals surface area contributed by atoms with Crippen molar-refractivity contribution in [3.05, 3.63) is 75.6 Å². The van der Waals surface area contributed by atoms with Gasteiger partial charge in [-0.3, -0.25) is 9.59 Å². The normalized spacial score (nSPS) is 10.8. The van der Waals surface area contributed by atoms with E-state index < -0.39 is 5.91 Å². The molecular formula is C18H16N2O2. The number of aromatic nitrogens is 1. The van der Waals surface area contributed by atoms with Crippen LogP contribution in [0.25, 0.3) is 16.6 Å². The van der Waals surface area contributed by atoms with Crippen LogP contribution >= 0.6 is 0 Å².